The summed E-state index contributed by atoms with van der Waals surface area (Å²) in [6, 6.07) is 10.2. The summed E-state index contributed by atoms with van der Waals surface area (Å²) in [6.45, 7) is 1.00. The average Bonchev–Trinajstić information content (AvgIpc) is 2.23. The van der Waals surface area contributed by atoms with Crippen LogP contribution in [0.1, 0.15) is 12.8 Å². The van der Waals surface area contributed by atoms with Gasteiger partial charge < -0.3 is 4.90 Å². The topological polar surface area (TPSA) is 3.24 Å². The largest absolute Gasteiger partial charge is 0.354 e. The third-order valence-corrected chi connectivity index (χ3v) is 3.69. The zero-order valence-electron chi connectivity index (χ0n) is 7.87. The van der Waals surface area contributed by atoms with E-state index in [1.54, 1.807) is 0 Å². The number of para-hydroxylation sites is 1. The lowest BCUT2D eigenvalue weighted by Crippen LogP contribution is -2.42. The van der Waals surface area contributed by atoms with Crippen LogP contribution in [0.15, 0.2) is 30.3 Å². The van der Waals surface area contributed by atoms with Crippen molar-refractivity contribution in [1.82, 2.24) is 0 Å². The van der Waals surface area contributed by atoms with Gasteiger partial charge in [0.15, 0.2) is 0 Å². The first-order valence-electron chi connectivity index (χ1n) is 4.89. The van der Waals surface area contributed by atoms with Crippen molar-refractivity contribution in [1.29, 1.82) is 0 Å². The molecule has 76 valence electrons. The van der Waals surface area contributed by atoms with Crippen molar-refractivity contribution < 1.29 is 0 Å². The first-order chi connectivity index (χ1) is 6.79. The molecule has 1 aromatic carbocycles. The Labute approximate surface area is 94.6 Å². The molecule has 1 fully saturated rings. The maximum absolute atomic E-state index is 6.26. The van der Waals surface area contributed by atoms with Gasteiger partial charge in [0.2, 0.25) is 0 Å². The minimum Gasteiger partial charge on any atom is -0.354 e. The molecule has 0 aliphatic carbocycles. The maximum atomic E-state index is 6.26. The Morgan fingerprint density at radius 2 is 1.86 bits per heavy atom. The summed E-state index contributed by atoms with van der Waals surface area (Å²) in [4.78, 5) is 2.17. The lowest BCUT2D eigenvalue weighted by molar-refractivity contribution is 0.552. The van der Waals surface area contributed by atoms with Gasteiger partial charge in [0, 0.05) is 12.2 Å². The molecule has 3 heteroatoms. The molecule has 1 aliphatic heterocycles. The zero-order chi connectivity index (χ0) is 9.97. The molecular weight excluding hydrogens is 217 g/mol. The first kappa shape index (κ1) is 10.1. The maximum Gasteiger partial charge on any atom is 0.120 e. The normalized spacial score (nSPS) is 27.7. The summed E-state index contributed by atoms with van der Waals surface area (Å²) in [7, 11) is 0. The summed E-state index contributed by atoms with van der Waals surface area (Å²) >= 11 is 12.4. The van der Waals surface area contributed by atoms with E-state index >= 15 is 0 Å². The molecule has 2 rings (SSSR count). The predicted molar refractivity (Wildman–Crippen MR) is 62.3 cm³/mol. The van der Waals surface area contributed by atoms with Gasteiger partial charge in [-0.05, 0) is 25.0 Å². The smallest absolute Gasteiger partial charge is 0.120 e. The van der Waals surface area contributed by atoms with Crippen LogP contribution in [0.2, 0.25) is 0 Å². The molecule has 0 aromatic heterocycles. The fraction of sp³-hybridized carbons (Fsp3) is 0.455. The highest BCUT2D eigenvalue weighted by atomic mass is 35.5. The van der Waals surface area contributed by atoms with Gasteiger partial charge >= 0.3 is 0 Å². The SMILES string of the molecule is ClC1CCCN(c2ccccc2)C1Cl. The number of hydrogen-bond acceptors (Lipinski definition) is 1. The molecule has 1 aliphatic rings. The van der Waals surface area contributed by atoms with E-state index in [0.717, 1.165) is 25.1 Å². The van der Waals surface area contributed by atoms with Crippen molar-refractivity contribution in [3.05, 3.63) is 30.3 Å². The molecule has 0 radical (unpaired) electrons. The van der Waals surface area contributed by atoms with Crippen molar-refractivity contribution in [2.24, 2.45) is 0 Å². The highest BCUT2D eigenvalue weighted by molar-refractivity contribution is 6.31. The number of hydrogen-bond donors (Lipinski definition) is 0. The molecule has 1 aromatic rings. The quantitative estimate of drug-likeness (QED) is 0.527. The molecule has 14 heavy (non-hydrogen) atoms. The fourth-order valence-electron chi connectivity index (χ4n) is 1.80. The minimum atomic E-state index is -0.0761. The molecule has 1 heterocycles. The van der Waals surface area contributed by atoms with E-state index in [2.05, 4.69) is 17.0 Å². The molecule has 0 amide bonds. The van der Waals surface area contributed by atoms with Crippen molar-refractivity contribution in [2.45, 2.75) is 23.7 Å². The molecule has 2 atom stereocenters. The van der Waals surface area contributed by atoms with E-state index in [4.69, 9.17) is 23.2 Å². The second kappa shape index (κ2) is 4.41. The first-order valence-corrected chi connectivity index (χ1v) is 5.76. The lowest BCUT2D eigenvalue weighted by Gasteiger charge is -2.36. The van der Waals surface area contributed by atoms with Gasteiger partial charge in [-0.25, -0.2) is 0 Å². The molecule has 0 bridgehead atoms. The number of alkyl halides is 2. The number of anilines is 1. The molecular formula is C11H13Cl2N. The Hall–Kier alpha value is -0.400. The van der Waals surface area contributed by atoms with Crippen LogP contribution in [0.5, 0.6) is 0 Å². The van der Waals surface area contributed by atoms with Crippen LogP contribution in [0.3, 0.4) is 0 Å². The van der Waals surface area contributed by atoms with Gasteiger partial charge in [-0.1, -0.05) is 29.8 Å². The summed E-state index contributed by atoms with van der Waals surface area (Å²) in [5, 5.41) is 0.0608. The Balaban J connectivity index is 2.17. The standard InChI is InChI=1S/C11H13Cl2N/c12-10-7-4-8-14(11(10)13)9-5-2-1-3-6-9/h1-3,5-6,10-11H,4,7-8H2. The predicted octanol–water partition coefficient (Wildman–Crippen LogP) is 3.46. The van der Waals surface area contributed by atoms with E-state index in [1.807, 2.05) is 18.2 Å². The van der Waals surface area contributed by atoms with Crippen LogP contribution in [0.4, 0.5) is 5.69 Å². The number of piperidine rings is 1. The van der Waals surface area contributed by atoms with Gasteiger partial charge in [-0.3, -0.25) is 0 Å². The van der Waals surface area contributed by atoms with E-state index in [9.17, 15) is 0 Å². The summed E-state index contributed by atoms with van der Waals surface area (Å²) in [5.74, 6) is 0. The lowest BCUT2D eigenvalue weighted by atomic mass is 10.1. The number of halogens is 2. The second-order valence-corrected chi connectivity index (χ2v) is 4.57. The van der Waals surface area contributed by atoms with Gasteiger partial charge in [0.1, 0.15) is 5.50 Å². The Morgan fingerprint density at radius 1 is 1.14 bits per heavy atom. The van der Waals surface area contributed by atoms with E-state index in [1.165, 1.54) is 0 Å². The second-order valence-electron chi connectivity index (χ2n) is 3.56. The third-order valence-electron chi connectivity index (χ3n) is 2.56. The number of rotatable bonds is 1. The van der Waals surface area contributed by atoms with Crippen molar-refractivity contribution in [2.75, 3.05) is 11.4 Å². The van der Waals surface area contributed by atoms with Crippen LogP contribution in [-0.2, 0) is 0 Å². The van der Waals surface area contributed by atoms with E-state index in [-0.39, 0.29) is 10.9 Å². The summed E-state index contributed by atoms with van der Waals surface area (Å²) in [5.41, 5.74) is 1.09. The van der Waals surface area contributed by atoms with Gasteiger partial charge in [-0.2, -0.15) is 0 Å². The van der Waals surface area contributed by atoms with Crippen LogP contribution < -0.4 is 4.90 Å². The zero-order valence-corrected chi connectivity index (χ0v) is 9.38. The Morgan fingerprint density at radius 3 is 2.57 bits per heavy atom. The summed E-state index contributed by atoms with van der Waals surface area (Å²) in [6.07, 6.45) is 2.13. The van der Waals surface area contributed by atoms with Crippen LogP contribution in [-0.4, -0.2) is 17.4 Å². The van der Waals surface area contributed by atoms with Crippen molar-refractivity contribution >= 4 is 28.9 Å². The van der Waals surface area contributed by atoms with Crippen LogP contribution in [0.25, 0.3) is 0 Å². The average molecular weight is 230 g/mol. The van der Waals surface area contributed by atoms with Gasteiger partial charge in [-0.15, -0.1) is 11.6 Å². The van der Waals surface area contributed by atoms with Gasteiger partial charge in [0.25, 0.3) is 0 Å². The monoisotopic (exact) mass is 229 g/mol. The fourth-order valence-corrected chi connectivity index (χ4v) is 2.43. The van der Waals surface area contributed by atoms with E-state index in [0.29, 0.717) is 0 Å². The molecule has 0 N–H and O–H groups in total. The Kier molecular flexibility index (Phi) is 3.19. The minimum absolute atomic E-state index is 0.0608. The molecule has 0 spiro atoms. The summed E-state index contributed by atoms with van der Waals surface area (Å²) < 4.78 is 0. The van der Waals surface area contributed by atoms with Gasteiger partial charge in [0.05, 0.1) is 5.38 Å². The molecule has 1 saturated heterocycles. The molecule has 0 saturated carbocycles. The Bertz CT molecular complexity index is 289. The highest BCUT2D eigenvalue weighted by Gasteiger charge is 2.27. The highest BCUT2D eigenvalue weighted by Crippen LogP contribution is 2.29. The number of benzene rings is 1. The third kappa shape index (κ3) is 1.99. The van der Waals surface area contributed by atoms with Crippen molar-refractivity contribution in [3.63, 3.8) is 0 Å². The molecule has 2 unspecified atom stereocenters. The van der Waals surface area contributed by atoms with E-state index < -0.39 is 0 Å². The number of nitrogens with zero attached hydrogens (tertiary/aromatic N) is 1. The molecule has 1 nitrogen and oxygen atoms in total. The van der Waals surface area contributed by atoms with Crippen molar-refractivity contribution in [3.8, 4) is 0 Å². The van der Waals surface area contributed by atoms with Crippen LogP contribution in [0, 0.1) is 0 Å². The van der Waals surface area contributed by atoms with Crippen LogP contribution >= 0.6 is 23.2 Å².